The fourth-order valence-corrected chi connectivity index (χ4v) is 4.44. The van der Waals surface area contributed by atoms with Crippen molar-refractivity contribution in [2.24, 2.45) is 0 Å². The molecule has 6 heteroatoms. The second-order valence-electron chi connectivity index (χ2n) is 4.19. The van der Waals surface area contributed by atoms with Gasteiger partial charge in [0.05, 0.1) is 0 Å². The van der Waals surface area contributed by atoms with E-state index < -0.39 is 6.04 Å². The minimum atomic E-state index is -0.498. The number of hydrogen-bond donors (Lipinski definition) is 1. The number of fused-ring (bicyclic) bond motifs is 1. The standard InChI is InChI=1S/C12H10N2O3Se/c15-10-6-5-8(11(16)13-10)14-12(17)7-3-1-2-4-9(7)18-14/h1-4,8H,5-6H2,(H,13,15,16). The van der Waals surface area contributed by atoms with E-state index in [2.05, 4.69) is 5.32 Å². The molecular formula is C12H10N2O3Se. The SMILES string of the molecule is O=C1CCC(n2[se]c3ccccc3c2=O)C(=O)N1. The number of carbonyl (C=O) groups is 2. The molecule has 2 amide bonds. The average Bonchev–Trinajstić information content (AvgIpc) is 2.68. The van der Waals surface area contributed by atoms with Gasteiger partial charge in [-0.3, -0.25) is 0 Å². The van der Waals surface area contributed by atoms with E-state index in [0.29, 0.717) is 18.2 Å². The van der Waals surface area contributed by atoms with Gasteiger partial charge in [0.2, 0.25) is 0 Å². The number of imide groups is 1. The third-order valence-electron chi connectivity index (χ3n) is 3.01. The summed E-state index contributed by atoms with van der Waals surface area (Å²) in [5, 5.41) is 2.97. The minimum absolute atomic E-state index is 0.0971. The number of piperidine rings is 1. The predicted molar refractivity (Wildman–Crippen MR) is 66.6 cm³/mol. The summed E-state index contributed by atoms with van der Waals surface area (Å²) >= 11 is -0.171. The number of nitrogens with one attached hydrogen (secondary N) is 1. The summed E-state index contributed by atoms with van der Waals surface area (Å²) in [6.07, 6.45) is 0.721. The molecule has 92 valence electrons. The fourth-order valence-electron chi connectivity index (χ4n) is 2.10. The van der Waals surface area contributed by atoms with E-state index in [0.717, 1.165) is 4.26 Å². The quantitative estimate of drug-likeness (QED) is 0.597. The fraction of sp³-hybridized carbons (Fsp3) is 0.250. The normalized spacial score (nSPS) is 20.1. The van der Waals surface area contributed by atoms with Crippen LogP contribution in [0.4, 0.5) is 0 Å². The van der Waals surface area contributed by atoms with Gasteiger partial charge in [0.25, 0.3) is 0 Å². The van der Waals surface area contributed by atoms with Crippen LogP contribution < -0.4 is 10.9 Å². The third-order valence-corrected chi connectivity index (χ3v) is 5.46. The van der Waals surface area contributed by atoms with Crippen molar-refractivity contribution in [1.29, 1.82) is 0 Å². The molecule has 2 aromatic rings. The first-order valence-corrected chi connectivity index (χ1v) is 7.23. The Morgan fingerprint density at radius 1 is 1.22 bits per heavy atom. The molecule has 0 spiro atoms. The van der Waals surface area contributed by atoms with Crippen LogP contribution in [0.25, 0.3) is 9.65 Å². The van der Waals surface area contributed by atoms with Crippen LogP contribution in [0.5, 0.6) is 0 Å². The van der Waals surface area contributed by atoms with Crippen LogP contribution in [0.2, 0.25) is 0 Å². The molecule has 18 heavy (non-hydrogen) atoms. The Hall–Kier alpha value is -1.65. The topological polar surface area (TPSA) is 68.2 Å². The number of carbonyl (C=O) groups excluding carboxylic acids is 2. The maximum absolute atomic E-state index is 12.2. The number of nitrogens with zero attached hydrogens (tertiary/aromatic N) is 1. The van der Waals surface area contributed by atoms with E-state index in [1.807, 2.05) is 18.2 Å². The zero-order valence-electron chi connectivity index (χ0n) is 9.38. The summed E-state index contributed by atoms with van der Waals surface area (Å²) in [6.45, 7) is 0. The number of aromatic nitrogens is 1. The first kappa shape index (κ1) is 11.4. The molecule has 0 bridgehead atoms. The van der Waals surface area contributed by atoms with Crippen LogP contribution in [-0.4, -0.2) is 30.1 Å². The Labute approximate surface area is 108 Å². The van der Waals surface area contributed by atoms with Gasteiger partial charge in [-0.25, -0.2) is 0 Å². The van der Waals surface area contributed by atoms with E-state index in [4.69, 9.17) is 0 Å². The number of rotatable bonds is 1. The Kier molecular flexibility index (Phi) is 2.69. The molecule has 1 aliphatic rings. The van der Waals surface area contributed by atoms with Gasteiger partial charge in [-0.1, -0.05) is 0 Å². The van der Waals surface area contributed by atoms with Crippen molar-refractivity contribution in [1.82, 2.24) is 8.88 Å². The van der Waals surface area contributed by atoms with Gasteiger partial charge in [-0.2, -0.15) is 0 Å². The number of amides is 2. The van der Waals surface area contributed by atoms with Crippen LogP contribution in [0.1, 0.15) is 18.9 Å². The molecule has 1 fully saturated rings. The predicted octanol–water partition coefficient (Wildman–Crippen LogP) is 0.0362. The van der Waals surface area contributed by atoms with E-state index in [-0.39, 0.29) is 32.1 Å². The number of benzene rings is 1. The Bertz CT molecular complexity index is 701. The van der Waals surface area contributed by atoms with Gasteiger partial charge in [0, 0.05) is 0 Å². The summed E-state index contributed by atoms with van der Waals surface area (Å²) in [5.74, 6) is -0.609. The molecule has 3 rings (SSSR count). The second kappa shape index (κ2) is 4.23. The molecule has 2 heterocycles. The van der Waals surface area contributed by atoms with E-state index in [9.17, 15) is 14.4 Å². The monoisotopic (exact) mass is 310 g/mol. The Morgan fingerprint density at radius 3 is 2.72 bits per heavy atom. The molecule has 5 nitrogen and oxygen atoms in total. The van der Waals surface area contributed by atoms with Crippen LogP contribution in [-0.2, 0) is 9.59 Å². The van der Waals surface area contributed by atoms with Crippen molar-refractivity contribution < 1.29 is 9.59 Å². The van der Waals surface area contributed by atoms with E-state index in [1.54, 1.807) is 9.63 Å². The van der Waals surface area contributed by atoms with Crippen LogP contribution in [0.3, 0.4) is 0 Å². The van der Waals surface area contributed by atoms with Crippen molar-refractivity contribution in [3.8, 4) is 0 Å². The molecule has 1 aromatic heterocycles. The van der Waals surface area contributed by atoms with Gasteiger partial charge in [0.15, 0.2) is 0 Å². The summed E-state index contributed by atoms with van der Waals surface area (Å²) in [4.78, 5) is 35.1. The van der Waals surface area contributed by atoms with Gasteiger partial charge in [-0.15, -0.1) is 0 Å². The average molecular weight is 309 g/mol. The van der Waals surface area contributed by atoms with Crippen molar-refractivity contribution in [3.63, 3.8) is 0 Å². The molecule has 0 radical (unpaired) electrons. The Balaban J connectivity index is 2.09. The molecule has 0 saturated carbocycles. The van der Waals surface area contributed by atoms with Gasteiger partial charge in [-0.05, 0) is 0 Å². The van der Waals surface area contributed by atoms with Gasteiger partial charge < -0.3 is 0 Å². The van der Waals surface area contributed by atoms with Crippen molar-refractivity contribution in [2.75, 3.05) is 0 Å². The molecule has 1 saturated heterocycles. The molecule has 1 unspecified atom stereocenters. The van der Waals surface area contributed by atoms with Crippen LogP contribution >= 0.6 is 0 Å². The third kappa shape index (κ3) is 1.74. The summed E-state index contributed by atoms with van der Waals surface area (Å²) in [6, 6.07) is 6.91. The van der Waals surface area contributed by atoms with Crippen molar-refractivity contribution in [3.05, 3.63) is 34.6 Å². The molecule has 0 aliphatic carbocycles. The first-order chi connectivity index (χ1) is 8.66. The van der Waals surface area contributed by atoms with Crippen molar-refractivity contribution in [2.45, 2.75) is 18.9 Å². The van der Waals surface area contributed by atoms with Crippen LogP contribution in [0.15, 0.2) is 29.1 Å². The molecule has 1 N–H and O–H groups in total. The zero-order valence-corrected chi connectivity index (χ0v) is 11.1. The van der Waals surface area contributed by atoms with E-state index >= 15 is 0 Å². The first-order valence-electron chi connectivity index (χ1n) is 5.61. The van der Waals surface area contributed by atoms with Crippen LogP contribution in [0, 0.1) is 0 Å². The molecular weight excluding hydrogens is 299 g/mol. The summed E-state index contributed by atoms with van der Waals surface area (Å²) in [7, 11) is 0. The molecule has 1 aliphatic heterocycles. The van der Waals surface area contributed by atoms with Gasteiger partial charge in [0.1, 0.15) is 0 Å². The molecule has 1 aromatic carbocycles. The second-order valence-corrected chi connectivity index (χ2v) is 6.32. The maximum atomic E-state index is 12.2. The summed E-state index contributed by atoms with van der Waals surface area (Å²) < 4.78 is 2.61. The van der Waals surface area contributed by atoms with Gasteiger partial charge >= 0.3 is 108 Å². The summed E-state index contributed by atoms with van der Waals surface area (Å²) in [5.41, 5.74) is -0.0971. The number of hydrogen-bond acceptors (Lipinski definition) is 3. The molecule has 1 atom stereocenters. The zero-order chi connectivity index (χ0) is 12.7. The Morgan fingerprint density at radius 2 is 2.00 bits per heavy atom. The van der Waals surface area contributed by atoms with E-state index in [1.165, 1.54) is 0 Å². The van der Waals surface area contributed by atoms with Crippen molar-refractivity contribution >= 4 is 36.2 Å².